The predicted octanol–water partition coefficient (Wildman–Crippen LogP) is 2.42. The summed E-state index contributed by atoms with van der Waals surface area (Å²) in [5.74, 6) is 0. The molecule has 1 aliphatic heterocycles. The molecule has 2 aromatic carbocycles. The zero-order valence-electron chi connectivity index (χ0n) is 14.9. The zero-order chi connectivity index (χ0) is 17.3. The standard InChI is InChI=1S/C19H21B2NO2/c1-18(2)19(3,4)24-21(23-18)13-7-9-15-14-8-6-12(20)10-16(14)22(5)17(15)11-13/h6-11H,1-5H3. The van der Waals surface area contributed by atoms with Crippen LogP contribution in [0.15, 0.2) is 36.4 Å². The average molecular weight is 317 g/mol. The largest absolute Gasteiger partial charge is 0.494 e. The van der Waals surface area contributed by atoms with Crippen LogP contribution in [0.25, 0.3) is 21.8 Å². The third kappa shape index (κ3) is 2.15. The molecule has 24 heavy (non-hydrogen) atoms. The van der Waals surface area contributed by atoms with E-state index in [1.54, 1.807) is 0 Å². The number of rotatable bonds is 1. The van der Waals surface area contributed by atoms with Gasteiger partial charge in [-0.1, -0.05) is 29.7 Å². The number of benzene rings is 2. The molecule has 3 nitrogen and oxygen atoms in total. The second kappa shape index (κ2) is 4.90. The van der Waals surface area contributed by atoms with Crippen LogP contribution in [0.1, 0.15) is 27.7 Å². The van der Waals surface area contributed by atoms with Gasteiger partial charge in [-0.2, -0.15) is 0 Å². The molecule has 0 bridgehead atoms. The van der Waals surface area contributed by atoms with Gasteiger partial charge in [0.25, 0.3) is 0 Å². The van der Waals surface area contributed by atoms with Crippen molar-refractivity contribution in [3.8, 4) is 0 Å². The summed E-state index contributed by atoms with van der Waals surface area (Å²) in [5, 5.41) is 2.43. The lowest BCUT2D eigenvalue weighted by Crippen LogP contribution is -2.41. The normalized spacial score (nSPS) is 19.5. The first kappa shape index (κ1) is 15.8. The van der Waals surface area contributed by atoms with Crippen LogP contribution >= 0.6 is 0 Å². The van der Waals surface area contributed by atoms with Crippen molar-refractivity contribution in [3.63, 3.8) is 0 Å². The van der Waals surface area contributed by atoms with Gasteiger partial charge in [-0.15, -0.1) is 0 Å². The minimum atomic E-state index is -0.345. The Morgan fingerprint density at radius 3 is 2.04 bits per heavy atom. The Labute approximate surface area is 144 Å². The predicted molar refractivity (Wildman–Crippen MR) is 102 cm³/mol. The summed E-state index contributed by atoms with van der Waals surface area (Å²) in [4.78, 5) is 0. The third-order valence-electron chi connectivity index (χ3n) is 5.58. The van der Waals surface area contributed by atoms with E-state index in [-0.39, 0.29) is 18.3 Å². The van der Waals surface area contributed by atoms with Crippen molar-refractivity contribution in [3.05, 3.63) is 36.4 Å². The van der Waals surface area contributed by atoms with Gasteiger partial charge in [0, 0.05) is 28.9 Å². The molecule has 0 aliphatic carbocycles. The van der Waals surface area contributed by atoms with Gasteiger partial charge in [-0.25, -0.2) is 0 Å². The Hall–Kier alpha value is -1.71. The van der Waals surface area contributed by atoms with Gasteiger partial charge in [-0.3, -0.25) is 0 Å². The second-order valence-corrected chi connectivity index (χ2v) is 7.70. The summed E-state index contributed by atoms with van der Waals surface area (Å²) in [6.45, 7) is 8.30. The average Bonchev–Trinajstić information content (AvgIpc) is 2.90. The Balaban J connectivity index is 1.85. The van der Waals surface area contributed by atoms with Crippen molar-refractivity contribution in [2.75, 3.05) is 0 Å². The summed E-state index contributed by atoms with van der Waals surface area (Å²) in [7, 11) is 7.67. The molecule has 1 saturated heterocycles. The highest BCUT2D eigenvalue weighted by atomic mass is 16.7. The SMILES string of the molecule is [B]c1ccc2c3ccc(B4OC(C)(C)C(C)(C)O4)cc3n(C)c2c1. The molecule has 0 saturated carbocycles. The van der Waals surface area contributed by atoms with Crippen LogP contribution in [0, 0.1) is 0 Å². The lowest BCUT2D eigenvalue weighted by atomic mass is 9.79. The van der Waals surface area contributed by atoms with Crippen LogP contribution in [0.4, 0.5) is 0 Å². The maximum atomic E-state index is 6.18. The molecule has 0 spiro atoms. The fraction of sp³-hybridized carbons (Fsp3) is 0.368. The molecule has 5 heteroatoms. The maximum absolute atomic E-state index is 6.18. The van der Waals surface area contributed by atoms with E-state index in [4.69, 9.17) is 17.2 Å². The molecule has 2 heterocycles. The minimum absolute atomic E-state index is 0.333. The monoisotopic (exact) mass is 317 g/mol. The molecule has 3 aromatic rings. The van der Waals surface area contributed by atoms with E-state index in [9.17, 15) is 0 Å². The highest BCUT2D eigenvalue weighted by Gasteiger charge is 2.51. The van der Waals surface area contributed by atoms with Crippen molar-refractivity contribution in [2.24, 2.45) is 7.05 Å². The van der Waals surface area contributed by atoms with Gasteiger partial charge in [0.2, 0.25) is 0 Å². The number of hydrogen-bond acceptors (Lipinski definition) is 2. The first-order chi connectivity index (χ1) is 11.2. The Morgan fingerprint density at radius 2 is 1.42 bits per heavy atom. The van der Waals surface area contributed by atoms with E-state index in [0.29, 0.717) is 0 Å². The summed E-state index contributed by atoms with van der Waals surface area (Å²) < 4.78 is 14.5. The molecule has 120 valence electrons. The molecule has 1 aromatic heterocycles. The third-order valence-corrected chi connectivity index (χ3v) is 5.58. The first-order valence-electron chi connectivity index (χ1n) is 8.33. The number of aromatic nitrogens is 1. The van der Waals surface area contributed by atoms with E-state index in [1.165, 1.54) is 10.8 Å². The lowest BCUT2D eigenvalue weighted by molar-refractivity contribution is 0.00578. The fourth-order valence-electron chi connectivity index (χ4n) is 3.36. The molecule has 2 radical (unpaired) electrons. The van der Waals surface area contributed by atoms with E-state index in [0.717, 1.165) is 22.0 Å². The van der Waals surface area contributed by atoms with Crippen molar-refractivity contribution < 1.29 is 9.31 Å². The Morgan fingerprint density at radius 1 is 0.875 bits per heavy atom. The summed E-state index contributed by atoms with van der Waals surface area (Å²) in [6.07, 6.45) is 0. The van der Waals surface area contributed by atoms with Crippen LogP contribution in [-0.2, 0) is 16.4 Å². The molecular formula is C19H21B2NO2. The molecule has 4 rings (SSSR count). The number of fused-ring (bicyclic) bond motifs is 3. The van der Waals surface area contributed by atoms with Crippen molar-refractivity contribution in [1.29, 1.82) is 0 Å². The van der Waals surface area contributed by atoms with Gasteiger partial charge in [-0.05, 0) is 45.3 Å². The van der Waals surface area contributed by atoms with E-state index < -0.39 is 0 Å². The van der Waals surface area contributed by atoms with Crippen molar-refractivity contribution in [2.45, 2.75) is 38.9 Å². The summed E-state index contributed by atoms with van der Waals surface area (Å²) in [6, 6.07) is 12.5. The van der Waals surface area contributed by atoms with Gasteiger partial charge in [0.15, 0.2) is 0 Å². The van der Waals surface area contributed by atoms with Crippen LogP contribution in [-0.4, -0.2) is 30.7 Å². The molecular weight excluding hydrogens is 296 g/mol. The van der Waals surface area contributed by atoms with Crippen molar-refractivity contribution in [1.82, 2.24) is 4.57 Å². The maximum Gasteiger partial charge on any atom is 0.494 e. The van der Waals surface area contributed by atoms with E-state index >= 15 is 0 Å². The quantitative estimate of drug-likeness (QED) is 0.644. The number of hydrogen-bond donors (Lipinski definition) is 0. The van der Waals surface area contributed by atoms with Gasteiger partial charge in [0.1, 0.15) is 7.85 Å². The summed E-state index contributed by atoms with van der Waals surface area (Å²) in [5.41, 5.74) is 3.44. The zero-order valence-corrected chi connectivity index (χ0v) is 14.9. The topological polar surface area (TPSA) is 23.4 Å². The number of aryl methyl sites for hydroxylation is 1. The summed E-state index contributed by atoms with van der Waals surface area (Å²) >= 11 is 0. The van der Waals surface area contributed by atoms with Crippen LogP contribution < -0.4 is 10.9 Å². The van der Waals surface area contributed by atoms with Crippen LogP contribution in [0.5, 0.6) is 0 Å². The van der Waals surface area contributed by atoms with Crippen molar-refractivity contribution >= 4 is 47.7 Å². The Kier molecular flexibility index (Phi) is 3.23. The number of nitrogens with zero attached hydrogens (tertiary/aromatic N) is 1. The Bertz CT molecular complexity index is 943. The first-order valence-corrected chi connectivity index (χ1v) is 8.33. The minimum Gasteiger partial charge on any atom is -0.399 e. The molecule has 1 fully saturated rings. The second-order valence-electron chi connectivity index (χ2n) is 7.70. The van der Waals surface area contributed by atoms with Crippen LogP contribution in [0.3, 0.4) is 0 Å². The smallest absolute Gasteiger partial charge is 0.399 e. The van der Waals surface area contributed by atoms with Gasteiger partial charge in [0.05, 0.1) is 11.2 Å². The fourth-order valence-corrected chi connectivity index (χ4v) is 3.36. The van der Waals surface area contributed by atoms with Gasteiger partial charge >= 0.3 is 7.12 Å². The molecule has 0 amide bonds. The lowest BCUT2D eigenvalue weighted by Gasteiger charge is -2.32. The van der Waals surface area contributed by atoms with E-state index in [2.05, 4.69) is 63.6 Å². The molecule has 0 N–H and O–H groups in total. The molecule has 0 unspecified atom stereocenters. The highest BCUT2D eigenvalue weighted by molar-refractivity contribution is 6.62. The van der Waals surface area contributed by atoms with E-state index in [1.807, 2.05) is 12.1 Å². The van der Waals surface area contributed by atoms with Crippen LogP contribution in [0.2, 0.25) is 0 Å². The highest BCUT2D eigenvalue weighted by Crippen LogP contribution is 2.37. The molecule has 0 atom stereocenters. The van der Waals surface area contributed by atoms with Gasteiger partial charge < -0.3 is 13.9 Å². The molecule has 1 aliphatic rings.